The van der Waals surface area contributed by atoms with E-state index in [1.165, 1.54) is 12.1 Å². The number of benzene rings is 1. The number of nitrogens with zero attached hydrogens (tertiary/aromatic N) is 2. The van der Waals surface area contributed by atoms with Crippen molar-refractivity contribution in [1.82, 2.24) is 4.98 Å². The van der Waals surface area contributed by atoms with Gasteiger partial charge in [-0.1, -0.05) is 0 Å². The number of amides is 1. The first-order chi connectivity index (χ1) is 9.86. The summed E-state index contributed by atoms with van der Waals surface area (Å²) >= 11 is 3.33. The molecule has 108 valence electrons. The Bertz CT molecular complexity index is 731. The number of carbonyl (C=O) groups excluding carboxylic acids is 1. The molecule has 0 bridgehead atoms. The standard InChI is InChI=1S/C14H12BrN3O3/c1-8-3-10(6-11(4-8)18(20)21)14(19)17-13-5-9(2)12(15)7-16-13/h3-7H,1-2H3,(H,16,17,19). The molecule has 0 atom stereocenters. The van der Waals surface area contributed by atoms with Gasteiger partial charge in [0.1, 0.15) is 5.82 Å². The first-order valence-corrected chi connectivity index (χ1v) is 6.85. The average Bonchev–Trinajstić information content (AvgIpc) is 2.42. The zero-order valence-electron chi connectivity index (χ0n) is 11.4. The van der Waals surface area contributed by atoms with Gasteiger partial charge in [0.05, 0.1) is 4.92 Å². The van der Waals surface area contributed by atoms with Crippen LogP contribution < -0.4 is 5.32 Å². The molecular formula is C14H12BrN3O3. The van der Waals surface area contributed by atoms with Crippen LogP contribution in [-0.2, 0) is 0 Å². The number of hydrogen-bond donors (Lipinski definition) is 1. The number of halogens is 1. The Morgan fingerprint density at radius 2 is 2.00 bits per heavy atom. The second-order valence-corrected chi connectivity index (χ2v) is 5.44. The molecule has 1 aromatic carbocycles. The van der Waals surface area contributed by atoms with Crippen LogP contribution in [0.25, 0.3) is 0 Å². The van der Waals surface area contributed by atoms with E-state index in [0.29, 0.717) is 11.4 Å². The molecule has 0 saturated carbocycles. The fourth-order valence-electron chi connectivity index (χ4n) is 1.80. The van der Waals surface area contributed by atoms with Crippen LogP contribution in [0.5, 0.6) is 0 Å². The summed E-state index contributed by atoms with van der Waals surface area (Å²) in [4.78, 5) is 26.5. The van der Waals surface area contributed by atoms with Crippen molar-refractivity contribution < 1.29 is 9.72 Å². The normalized spacial score (nSPS) is 10.2. The summed E-state index contributed by atoms with van der Waals surface area (Å²) < 4.78 is 0.840. The Balaban J connectivity index is 2.27. The van der Waals surface area contributed by atoms with Crippen LogP contribution in [0.1, 0.15) is 21.5 Å². The Hall–Kier alpha value is -2.28. The number of rotatable bonds is 3. The third kappa shape index (κ3) is 3.63. The van der Waals surface area contributed by atoms with Crippen LogP contribution in [-0.4, -0.2) is 15.8 Å². The first-order valence-electron chi connectivity index (χ1n) is 6.06. The summed E-state index contributed by atoms with van der Waals surface area (Å²) in [5.41, 5.74) is 1.69. The van der Waals surface area contributed by atoms with Crippen molar-refractivity contribution in [2.45, 2.75) is 13.8 Å². The number of carbonyl (C=O) groups is 1. The van der Waals surface area contributed by atoms with Gasteiger partial charge in [-0.05, 0) is 53.0 Å². The Morgan fingerprint density at radius 3 is 2.62 bits per heavy atom. The highest BCUT2D eigenvalue weighted by molar-refractivity contribution is 9.10. The lowest BCUT2D eigenvalue weighted by molar-refractivity contribution is -0.384. The van der Waals surface area contributed by atoms with Crippen molar-refractivity contribution in [3.8, 4) is 0 Å². The molecule has 0 fully saturated rings. The maximum absolute atomic E-state index is 12.2. The molecule has 0 saturated heterocycles. The smallest absolute Gasteiger partial charge is 0.270 e. The maximum Gasteiger partial charge on any atom is 0.270 e. The van der Waals surface area contributed by atoms with Crippen LogP contribution in [0.4, 0.5) is 11.5 Å². The Labute approximate surface area is 129 Å². The van der Waals surface area contributed by atoms with Gasteiger partial charge >= 0.3 is 0 Å². The number of aromatic nitrogens is 1. The van der Waals surface area contributed by atoms with E-state index in [2.05, 4.69) is 26.2 Å². The first kappa shape index (κ1) is 15.1. The van der Waals surface area contributed by atoms with E-state index >= 15 is 0 Å². The number of aryl methyl sites for hydroxylation is 2. The molecule has 2 rings (SSSR count). The second-order valence-electron chi connectivity index (χ2n) is 4.59. The number of pyridine rings is 1. The Morgan fingerprint density at radius 1 is 1.29 bits per heavy atom. The maximum atomic E-state index is 12.2. The fraction of sp³-hybridized carbons (Fsp3) is 0.143. The van der Waals surface area contributed by atoms with Crippen molar-refractivity contribution in [2.75, 3.05) is 5.32 Å². The SMILES string of the molecule is Cc1cc(C(=O)Nc2cc(C)c(Br)cn2)cc([N+](=O)[O-])c1. The molecule has 7 heteroatoms. The lowest BCUT2D eigenvalue weighted by Crippen LogP contribution is -2.13. The molecule has 1 aromatic heterocycles. The summed E-state index contributed by atoms with van der Waals surface area (Å²) in [7, 11) is 0. The van der Waals surface area contributed by atoms with Gasteiger partial charge in [0.25, 0.3) is 11.6 Å². The predicted molar refractivity (Wildman–Crippen MR) is 82.5 cm³/mol. The van der Waals surface area contributed by atoms with Gasteiger partial charge in [-0.25, -0.2) is 4.98 Å². The van der Waals surface area contributed by atoms with Gasteiger partial charge in [-0.2, -0.15) is 0 Å². The summed E-state index contributed by atoms with van der Waals surface area (Å²) in [6.45, 7) is 3.57. The fourth-order valence-corrected chi connectivity index (χ4v) is 2.01. The zero-order valence-corrected chi connectivity index (χ0v) is 13.0. The molecule has 0 spiro atoms. The van der Waals surface area contributed by atoms with E-state index in [1.807, 2.05) is 6.92 Å². The number of nitro benzene ring substituents is 1. The number of nitro groups is 1. The van der Waals surface area contributed by atoms with E-state index < -0.39 is 10.8 Å². The average molecular weight is 350 g/mol. The van der Waals surface area contributed by atoms with Gasteiger partial charge < -0.3 is 5.32 Å². The van der Waals surface area contributed by atoms with Gasteiger partial charge in [-0.15, -0.1) is 0 Å². The van der Waals surface area contributed by atoms with Crippen LogP contribution >= 0.6 is 15.9 Å². The number of anilines is 1. The molecule has 1 N–H and O–H groups in total. The van der Waals surface area contributed by atoms with Gasteiger partial charge in [0.2, 0.25) is 0 Å². The second kappa shape index (κ2) is 6.01. The molecule has 0 aliphatic heterocycles. The third-order valence-corrected chi connectivity index (χ3v) is 3.65. The molecule has 6 nitrogen and oxygen atoms in total. The number of hydrogen-bond acceptors (Lipinski definition) is 4. The summed E-state index contributed by atoms with van der Waals surface area (Å²) in [6.07, 6.45) is 1.59. The van der Waals surface area contributed by atoms with Gasteiger partial charge in [0.15, 0.2) is 0 Å². The minimum atomic E-state index is -0.522. The lowest BCUT2D eigenvalue weighted by Gasteiger charge is -2.07. The van der Waals surface area contributed by atoms with E-state index in [1.54, 1.807) is 25.3 Å². The minimum absolute atomic E-state index is 0.111. The highest BCUT2D eigenvalue weighted by Gasteiger charge is 2.14. The van der Waals surface area contributed by atoms with Crippen molar-refractivity contribution in [3.63, 3.8) is 0 Å². The van der Waals surface area contributed by atoms with Gasteiger partial charge in [-0.3, -0.25) is 14.9 Å². The highest BCUT2D eigenvalue weighted by atomic mass is 79.9. The van der Waals surface area contributed by atoms with Gasteiger partial charge in [0, 0.05) is 28.4 Å². The quantitative estimate of drug-likeness (QED) is 0.677. The highest BCUT2D eigenvalue weighted by Crippen LogP contribution is 2.20. The number of non-ortho nitro benzene ring substituents is 1. The van der Waals surface area contributed by atoms with E-state index in [-0.39, 0.29) is 11.3 Å². The molecule has 1 amide bonds. The molecule has 0 aliphatic carbocycles. The zero-order chi connectivity index (χ0) is 15.6. The topological polar surface area (TPSA) is 85.1 Å². The monoisotopic (exact) mass is 349 g/mol. The minimum Gasteiger partial charge on any atom is -0.307 e. The van der Waals surface area contributed by atoms with Crippen molar-refractivity contribution in [3.05, 3.63) is 61.7 Å². The van der Waals surface area contributed by atoms with Crippen LogP contribution in [0.2, 0.25) is 0 Å². The largest absolute Gasteiger partial charge is 0.307 e. The molecule has 0 unspecified atom stereocenters. The number of nitrogens with one attached hydrogen (secondary N) is 1. The molecule has 0 aliphatic rings. The molecule has 0 radical (unpaired) electrons. The Kier molecular flexibility index (Phi) is 4.32. The van der Waals surface area contributed by atoms with E-state index in [4.69, 9.17) is 0 Å². The van der Waals surface area contributed by atoms with Crippen molar-refractivity contribution in [2.24, 2.45) is 0 Å². The van der Waals surface area contributed by atoms with Crippen LogP contribution in [0.3, 0.4) is 0 Å². The van der Waals surface area contributed by atoms with E-state index in [9.17, 15) is 14.9 Å². The molecule has 2 aromatic rings. The van der Waals surface area contributed by atoms with Crippen LogP contribution in [0, 0.1) is 24.0 Å². The predicted octanol–water partition coefficient (Wildman–Crippen LogP) is 3.62. The summed E-state index contributed by atoms with van der Waals surface area (Å²) in [6, 6.07) is 5.97. The summed E-state index contributed by atoms with van der Waals surface area (Å²) in [5.74, 6) is -0.0409. The van der Waals surface area contributed by atoms with Crippen molar-refractivity contribution >= 4 is 33.3 Å². The lowest BCUT2D eigenvalue weighted by atomic mass is 10.1. The third-order valence-electron chi connectivity index (χ3n) is 2.82. The van der Waals surface area contributed by atoms with Crippen LogP contribution in [0.15, 0.2) is 34.9 Å². The van der Waals surface area contributed by atoms with E-state index in [0.717, 1.165) is 10.0 Å². The van der Waals surface area contributed by atoms with Crippen molar-refractivity contribution in [1.29, 1.82) is 0 Å². The molecular weight excluding hydrogens is 338 g/mol. The molecule has 1 heterocycles. The molecule has 21 heavy (non-hydrogen) atoms. The summed E-state index contributed by atoms with van der Waals surface area (Å²) in [5, 5.41) is 13.5.